The van der Waals surface area contributed by atoms with Gasteiger partial charge in [-0.05, 0) is 39.2 Å². The molecule has 20 heteroatoms. The molecule has 5 atom stereocenters. The molecule has 16 nitrogen and oxygen atoms in total. The minimum absolute atomic E-state index is 0.0967. The Hall–Kier alpha value is -5.95. The number of hydrogen-bond acceptors (Lipinski definition) is 11. The molecule has 0 bridgehead atoms. The first-order valence-corrected chi connectivity index (χ1v) is 18.7. The summed E-state index contributed by atoms with van der Waals surface area (Å²) in [6, 6.07) is -0.0967. The third-order valence-corrected chi connectivity index (χ3v) is 12.0. The van der Waals surface area contributed by atoms with Crippen LogP contribution in [0.3, 0.4) is 0 Å². The lowest BCUT2D eigenvalue weighted by molar-refractivity contribution is 0.0695. The van der Waals surface area contributed by atoms with E-state index in [0.29, 0.717) is 43.6 Å². The number of rotatable bonds is 9. The van der Waals surface area contributed by atoms with Crippen molar-refractivity contribution < 1.29 is 32.3 Å². The van der Waals surface area contributed by atoms with Gasteiger partial charge in [-0.2, -0.15) is 15.3 Å². The van der Waals surface area contributed by atoms with E-state index in [1.807, 2.05) is 25.7 Å². The molecule has 1 amide bonds. The number of amides is 1. The number of carboxylic acid groups (broad SMARTS) is 1. The monoisotopic (exact) mass is 789 g/mol. The lowest BCUT2D eigenvalue weighted by Gasteiger charge is -2.20. The Morgan fingerprint density at radius 3 is 1.75 bits per heavy atom. The Bertz CT molecular complexity index is 2370. The molecule has 57 heavy (non-hydrogen) atoms. The number of carbonyl (C=O) groups is 2. The lowest BCUT2D eigenvalue weighted by Crippen LogP contribution is -2.29. The van der Waals surface area contributed by atoms with Crippen molar-refractivity contribution in [2.45, 2.75) is 64.6 Å². The van der Waals surface area contributed by atoms with Gasteiger partial charge in [-0.15, -0.1) is 0 Å². The molecule has 5 aromatic heterocycles. The Kier molecular flexibility index (Phi) is 8.58. The zero-order valence-corrected chi connectivity index (χ0v) is 31.2. The number of hydrogen-bond donors (Lipinski definition) is 3. The Morgan fingerprint density at radius 2 is 1.28 bits per heavy atom. The number of carboxylic acids is 1. The fourth-order valence-corrected chi connectivity index (χ4v) is 8.28. The third kappa shape index (κ3) is 6.63. The maximum absolute atomic E-state index is 13.4. The van der Waals surface area contributed by atoms with Crippen molar-refractivity contribution in [2.24, 2.45) is 23.7 Å². The van der Waals surface area contributed by atoms with E-state index in [2.05, 4.69) is 45.6 Å². The number of carbonyl (C=O) groups excluding carboxylic acids is 1. The van der Waals surface area contributed by atoms with Crippen LogP contribution in [0.2, 0.25) is 0 Å². The van der Waals surface area contributed by atoms with Crippen molar-refractivity contribution in [3.8, 4) is 0 Å². The molecule has 4 fully saturated rings. The summed E-state index contributed by atoms with van der Waals surface area (Å²) in [6.45, 7) is 7.61. The standard InChI is InChI=1S/C22H24F2N8O.C15H15F2N5O2/c1-11-13(5-25-21(27-11)31-9-16-17(10-31)22(16,23)24)7-32-8-14(6-26-32)20(33)28-18-4-3-15-12(2)29-30-19(15)18;1-8-9(4-22-5-10(3-19-22)13(23)24)2-18-14(20-8)21-6-11-12(7-21)15(11,16)17/h5-6,8,16-18H,3-4,7,9-10H2,1-2H3,(H,28,33)(H,29,30);2-3,5,11-12H,4,6-7H2,1H3,(H,23,24)/t16?,17?,18-;/m1./s1. The van der Waals surface area contributed by atoms with Gasteiger partial charge in [-0.3, -0.25) is 19.3 Å². The first-order chi connectivity index (χ1) is 27.2. The molecular formula is C37H39F4N13O3. The summed E-state index contributed by atoms with van der Waals surface area (Å²) in [7, 11) is 0. The van der Waals surface area contributed by atoms with Crippen LogP contribution in [0.5, 0.6) is 0 Å². The molecule has 3 aliphatic carbocycles. The number of aromatic carboxylic acids is 1. The molecule has 7 heterocycles. The van der Waals surface area contributed by atoms with Crippen LogP contribution >= 0.6 is 0 Å². The van der Waals surface area contributed by atoms with Gasteiger partial charge in [0, 0.05) is 79.2 Å². The topological polar surface area (TPSA) is 189 Å². The second-order valence-electron chi connectivity index (χ2n) is 15.6. The van der Waals surface area contributed by atoms with Crippen LogP contribution in [0.1, 0.15) is 72.6 Å². The summed E-state index contributed by atoms with van der Waals surface area (Å²) < 4.78 is 56.6. The number of halogens is 4. The van der Waals surface area contributed by atoms with Gasteiger partial charge in [0.2, 0.25) is 11.9 Å². The third-order valence-electron chi connectivity index (χ3n) is 12.0. The molecular weight excluding hydrogens is 750 g/mol. The van der Waals surface area contributed by atoms with Crippen molar-refractivity contribution in [1.29, 1.82) is 0 Å². The van der Waals surface area contributed by atoms with Gasteiger partial charge >= 0.3 is 5.97 Å². The van der Waals surface area contributed by atoms with E-state index in [4.69, 9.17) is 5.11 Å². The van der Waals surface area contributed by atoms with Crippen LogP contribution in [0, 0.1) is 44.4 Å². The van der Waals surface area contributed by atoms with E-state index in [9.17, 15) is 27.2 Å². The van der Waals surface area contributed by atoms with E-state index in [-0.39, 0.29) is 30.6 Å². The molecule has 5 aliphatic rings. The maximum atomic E-state index is 13.4. The zero-order chi connectivity index (χ0) is 40.0. The van der Waals surface area contributed by atoms with Crippen molar-refractivity contribution in [2.75, 3.05) is 36.0 Å². The molecule has 10 rings (SSSR count). The molecule has 298 valence electrons. The molecule has 2 aliphatic heterocycles. The van der Waals surface area contributed by atoms with Crippen molar-refractivity contribution in [3.63, 3.8) is 0 Å². The van der Waals surface area contributed by atoms with Crippen molar-refractivity contribution in [1.82, 2.24) is 55.0 Å². The number of anilines is 2. The second-order valence-corrected chi connectivity index (χ2v) is 15.6. The largest absolute Gasteiger partial charge is 0.478 e. The number of fused-ring (bicyclic) bond motifs is 3. The quantitative estimate of drug-likeness (QED) is 0.185. The van der Waals surface area contributed by atoms with E-state index in [1.54, 1.807) is 34.4 Å². The fourth-order valence-electron chi connectivity index (χ4n) is 8.28. The summed E-state index contributed by atoms with van der Waals surface area (Å²) in [6.07, 6.45) is 11.1. The van der Waals surface area contributed by atoms with Crippen LogP contribution in [-0.4, -0.2) is 105 Å². The molecule has 2 saturated carbocycles. The average Bonchev–Trinajstić information content (AvgIpc) is 3.87. The molecule has 3 N–H and O–H groups in total. The van der Waals surface area contributed by atoms with Crippen LogP contribution in [0.25, 0.3) is 0 Å². The number of nitrogens with one attached hydrogen (secondary N) is 2. The lowest BCUT2D eigenvalue weighted by atomic mass is 10.2. The van der Waals surface area contributed by atoms with Crippen molar-refractivity contribution >= 4 is 23.8 Å². The van der Waals surface area contributed by atoms with E-state index in [1.165, 1.54) is 22.6 Å². The van der Waals surface area contributed by atoms with E-state index in [0.717, 1.165) is 46.7 Å². The van der Waals surface area contributed by atoms with Gasteiger partial charge in [0.25, 0.3) is 17.8 Å². The molecule has 0 spiro atoms. The van der Waals surface area contributed by atoms with Crippen LogP contribution < -0.4 is 15.1 Å². The van der Waals surface area contributed by atoms with Gasteiger partial charge in [0.15, 0.2) is 0 Å². The summed E-state index contributed by atoms with van der Waals surface area (Å²) in [5, 5.41) is 27.6. The zero-order valence-electron chi connectivity index (χ0n) is 31.2. The fraction of sp³-hybridized carbons (Fsp3) is 0.486. The highest BCUT2D eigenvalue weighted by atomic mass is 19.3. The normalized spacial score (nSPS) is 24.4. The summed E-state index contributed by atoms with van der Waals surface area (Å²) in [4.78, 5) is 44.8. The van der Waals surface area contributed by atoms with Gasteiger partial charge in [-0.1, -0.05) is 0 Å². The first kappa shape index (κ1) is 36.7. The Labute approximate surface area is 322 Å². The van der Waals surface area contributed by atoms with Gasteiger partial charge in [0.05, 0.1) is 72.0 Å². The van der Waals surface area contributed by atoms with E-state index >= 15 is 0 Å². The molecule has 4 unspecified atom stereocenters. The number of aromatic amines is 1. The van der Waals surface area contributed by atoms with Crippen LogP contribution in [-0.2, 0) is 19.5 Å². The highest BCUT2D eigenvalue weighted by Crippen LogP contribution is 2.60. The highest BCUT2D eigenvalue weighted by Gasteiger charge is 2.72. The Morgan fingerprint density at radius 1 is 0.789 bits per heavy atom. The smallest absolute Gasteiger partial charge is 0.338 e. The van der Waals surface area contributed by atoms with E-state index < -0.39 is 41.5 Å². The van der Waals surface area contributed by atoms with Gasteiger partial charge in [-0.25, -0.2) is 42.3 Å². The molecule has 0 radical (unpaired) electrons. The average molecular weight is 790 g/mol. The summed E-state index contributed by atoms with van der Waals surface area (Å²) in [5.74, 6) is -7.58. The van der Waals surface area contributed by atoms with Gasteiger partial charge in [0.1, 0.15) is 0 Å². The maximum Gasteiger partial charge on any atom is 0.338 e. The minimum atomic E-state index is -2.52. The minimum Gasteiger partial charge on any atom is -0.478 e. The van der Waals surface area contributed by atoms with Crippen LogP contribution in [0.4, 0.5) is 29.5 Å². The number of aromatic nitrogens is 10. The predicted octanol–water partition coefficient (Wildman–Crippen LogP) is 3.61. The van der Waals surface area contributed by atoms with Gasteiger partial charge < -0.3 is 20.2 Å². The van der Waals surface area contributed by atoms with Crippen LogP contribution in [0.15, 0.2) is 37.2 Å². The summed E-state index contributed by atoms with van der Waals surface area (Å²) >= 11 is 0. The highest BCUT2D eigenvalue weighted by molar-refractivity contribution is 5.94. The number of piperidine rings is 2. The number of aryl methyl sites for hydroxylation is 3. The number of nitrogens with zero attached hydrogens (tertiary/aromatic N) is 11. The number of H-pyrrole nitrogens is 1. The second kappa shape index (κ2) is 13.3. The predicted molar refractivity (Wildman–Crippen MR) is 193 cm³/mol. The molecule has 0 aromatic carbocycles. The SMILES string of the molecule is Cc1nc(N2CC3C(C2)C3(F)F)ncc1Cn1cc(C(=O)N[C@@H]2CCc3c2n[nH]c3C)cn1.Cc1nc(N2CC3C(C2)C3(F)F)ncc1Cn1cc(C(=O)O)cn1. The molecule has 5 aromatic rings. The Balaban J connectivity index is 0.000000156. The molecule has 2 saturated heterocycles. The first-order valence-electron chi connectivity index (χ1n) is 18.7. The summed E-state index contributed by atoms with van der Waals surface area (Å²) in [5.41, 5.74) is 6.89. The number of alkyl halides is 4. The van der Waals surface area contributed by atoms with Crippen molar-refractivity contribution in [3.05, 3.63) is 87.8 Å².